The van der Waals surface area contributed by atoms with Gasteiger partial charge in [0.15, 0.2) is 0 Å². The van der Waals surface area contributed by atoms with Gasteiger partial charge in [-0.25, -0.2) is 0 Å². The van der Waals surface area contributed by atoms with Crippen molar-refractivity contribution >= 4 is 99.7 Å². The van der Waals surface area contributed by atoms with E-state index < -0.39 is 8.07 Å². The summed E-state index contributed by atoms with van der Waals surface area (Å²) in [6, 6.07) is 60.2. The second-order valence-corrected chi connectivity index (χ2v) is 19.9. The minimum Gasteiger partial charge on any atom is -0.455 e. The average molecular weight is 700 g/mol. The van der Waals surface area contributed by atoms with Gasteiger partial charge in [-0.2, -0.15) is 0 Å². The van der Waals surface area contributed by atoms with Crippen molar-refractivity contribution in [2.24, 2.45) is 0 Å². The molecular weight excluding hydrogens is 667 g/mol. The van der Waals surface area contributed by atoms with Crippen LogP contribution in [0.1, 0.15) is 0 Å². The van der Waals surface area contributed by atoms with Gasteiger partial charge < -0.3 is 9.32 Å². The van der Waals surface area contributed by atoms with Crippen LogP contribution in [0, 0.1) is 0 Å². The van der Waals surface area contributed by atoms with E-state index in [1.54, 1.807) is 0 Å². The Bertz CT molecular complexity index is 3050. The molecule has 0 fully saturated rings. The number of anilines is 3. The van der Waals surface area contributed by atoms with Gasteiger partial charge in [0.1, 0.15) is 19.2 Å². The smallest absolute Gasteiger partial charge is 0.143 e. The van der Waals surface area contributed by atoms with Crippen LogP contribution in [-0.4, -0.2) is 8.07 Å². The lowest BCUT2D eigenvalue weighted by Crippen LogP contribution is -2.49. The summed E-state index contributed by atoms with van der Waals surface area (Å²) in [6.07, 6.45) is 0. The van der Waals surface area contributed by atoms with Crippen molar-refractivity contribution in [3.8, 4) is 22.3 Å². The lowest BCUT2D eigenvalue weighted by atomic mass is 10.0. The van der Waals surface area contributed by atoms with E-state index in [9.17, 15) is 0 Å². The van der Waals surface area contributed by atoms with Crippen molar-refractivity contribution in [2.45, 2.75) is 13.1 Å². The highest BCUT2D eigenvalue weighted by Gasteiger charge is 2.37. The first kappa shape index (κ1) is 29.8. The van der Waals surface area contributed by atoms with Gasteiger partial charge in [0, 0.05) is 43.0 Å². The summed E-state index contributed by atoms with van der Waals surface area (Å²) in [6.45, 7) is 4.99. The summed E-state index contributed by atoms with van der Waals surface area (Å²) in [7, 11) is -1.90. The van der Waals surface area contributed by atoms with E-state index in [2.05, 4.69) is 182 Å². The third-order valence-corrected chi connectivity index (χ3v) is 16.0. The number of furan rings is 1. The Hall–Kier alpha value is -5.94. The number of fused-ring (bicyclic) bond motifs is 12. The maximum Gasteiger partial charge on any atom is 0.143 e. The average Bonchev–Trinajstić information content (AvgIpc) is 3.84. The van der Waals surface area contributed by atoms with Gasteiger partial charge in [-0.05, 0) is 86.5 Å². The van der Waals surface area contributed by atoms with Crippen LogP contribution in [0.2, 0.25) is 13.1 Å². The second-order valence-electron chi connectivity index (χ2n) is 14.5. The quantitative estimate of drug-likeness (QED) is 0.170. The van der Waals surface area contributed by atoms with E-state index in [0.717, 1.165) is 22.2 Å². The molecule has 0 saturated heterocycles. The molecule has 1 aliphatic rings. The van der Waals surface area contributed by atoms with Crippen LogP contribution in [-0.2, 0) is 0 Å². The van der Waals surface area contributed by atoms with E-state index in [1.807, 2.05) is 11.3 Å². The van der Waals surface area contributed by atoms with Crippen molar-refractivity contribution in [3.63, 3.8) is 0 Å². The molecule has 0 aliphatic carbocycles. The van der Waals surface area contributed by atoms with Crippen LogP contribution >= 0.6 is 11.3 Å². The summed E-state index contributed by atoms with van der Waals surface area (Å²) in [4.78, 5) is 2.48. The van der Waals surface area contributed by atoms with Crippen LogP contribution in [0.25, 0.3) is 75.1 Å². The highest BCUT2D eigenvalue weighted by Crippen LogP contribution is 2.49. The number of hydrogen-bond acceptors (Lipinski definition) is 3. The summed E-state index contributed by atoms with van der Waals surface area (Å²) in [5.74, 6) is 0. The van der Waals surface area contributed by atoms with Gasteiger partial charge in [-0.1, -0.05) is 128 Å². The van der Waals surface area contributed by atoms with E-state index in [1.165, 1.54) is 80.3 Å². The molecule has 0 amide bonds. The van der Waals surface area contributed by atoms with Crippen molar-refractivity contribution in [1.82, 2.24) is 0 Å². The van der Waals surface area contributed by atoms with Gasteiger partial charge in [0.05, 0.1) is 10.4 Å². The zero-order valence-corrected chi connectivity index (χ0v) is 30.7. The molecule has 0 spiro atoms. The predicted octanol–water partition coefficient (Wildman–Crippen LogP) is 13.0. The predicted molar refractivity (Wildman–Crippen MR) is 226 cm³/mol. The van der Waals surface area contributed by atoms with Gasteiger partial charge in [0.2, 0.25) is 0 Å². The Morgan fingerprint density at radius 2 is 1.25 bits per heavy atom. The van der Waals surface area contributed by atoms with Gasteiger partial charge >= 0.3 is 0 Å². The maximum atomic E-state index is 6.64. The molecule has 0 radical (unpaired) electrons. The molecule has 10 aromatic rings. The SMILES string of the molecule is C[Si]1(C)c2ccccc2-c2ccc(N(c3ccc(-c4ccccc4)cc3)c3cccc4c3sc3ccc5oc6c7ccccc7ccc6c5c34)cc21. The van der Waals surface area contributed by atoms with E-state index >= 15 is 0 Å². The Morgan fingerprint density at radius 3 is 2.13 bits per heavy atom. The lowest BCUT2D eigenvalue weighted by Gasteiger charge is -2.28. The van der Waals surface area contributed by atoms with E-state index in [0.29, 0.717) is 0 Å². The first-order chi connectivity index (χ1) is 25.5. The maximum absolute atomic E-state index is 6.64. The molecular formula is C48H33NOSSi. The molecule has 3 heterocycles. The molecule has 246 valence electrons. The molecule has 0 atom stereocenters. The van der Waals surface area contributed by atoms with Crippen LogP contribution in [0.4, 0.5) is 17.1 Å². The molecule has 2 nitrogen and oxygen atoms in total. The van der Waals surface area contributed by atoms with Crippen LogP contribution in [0.15, 0.2) is 168 Å². The first-order valence-electron chi connectivity index (χ1n) is 17.9. The topological polar surface area (TPSA) is 16.4 Å². The monoisotopic (exact) mass is 699 g/mol. The standard InChI is InChI=1S/C48H33NOSSi/c1-52(2)43-18-9-8-15-36(43)37-26-24-34(29-44(37)52)49(33-22-19-31(20-23-33)30-11-4-3-5-12-30)40-17-10-16-39-46-42(51-48(39)40)28-27-41-45(46)38-25-21-32-13-6-7-14-35(32)47(38)50-41/h3-29H,1-2H3. The van der Waals surface area contributed by atoms with Crippen LogP contribution < -0.4 is 15.3 Å². The van der Waals surface area contributed by atoms with Gasteiger partial charge in [-0.3, -0.25) is 0 Å². The summed E-state index contributed by atoms with van der Waals surface area (Å²) < 4.78 is 9.18. The molecule has 0 unspecified atom stereocenters. The third-order valence-electron chi connectivity index (χ3n) is 11.3. The molecule has 0 N–H and O–H groups in total. The second kappa shape index (κ2) is 11.0. The number of nitrogens with zero attached hydrogens (tertiary/aromatic N) is 1. The Balaban J connectivity index is 1.16. The molecule has 0 bridgehead atoms. The summed E-state index contributed by atoms with van der Waals surface area (Å²) in [5, 5.41) is 10.3. The Labute approximate surface area is 306 Å². The molecule has 4 heteroatoms. The fourth-order valence-electron chi connectivity index (χ4n) is 8.74. The van der Waals surface area contributed by atoms with E-state index in [4.69, 9.17) is 4.42 Å². The largest absolute Gasteiger partial charge is 0.455 e. The zero-order chi connectivity index (χ0) is 34.6. The van der Waals surface area contributed by atoms with Crippen molar-refractivity contribution in [2.75, 3.05) is 4.90 Å². The molecule has 11 rings (SSSR count). The molecule has 2 aromatic heterocycles. The fourth-order valence-corrected chi connectivity index (χ4v) is 13.0. The highest BCUT2D eigenvalue weighted by molar-refractivity contribution is 7.26. The Morgan fingerprint density at radius 1 is 0.519 bits per heavy atom. The number of hydrogen-bond donors (Lipinski definition) is 0. The summed E-state index contributed by atoms with van der Waals surface area (Å²) in [5.41, 5.74) is 10.6. The number of thiophene rings is 1. The summed E-state index contributed by atoms with van der Waals surface area (Å²) >= 11 is 1.88. The Kier molecular flexibility index (Phi) is 6.31. The van der Waals surface area contributed by atoms with E-state index in [-0.39, 0.29) is 0 Å². The highest BCUT2D eigenvalue weighted by atomic mass is 32.1. The molecule has 1 aliphatic heterocycles. The van der Waals surface area contributed by atoms with Gasteiger partial charge in [-0.15, -0.1) is 11.3 Å². The van der Waals surface area contributed by atoms with Gasteiger partial charge in [0.25, 0.3) is 0 Å². The van der Waals surface area contributed by atoms with Crippen molar-refractivity contribution in [1.29, 1.82) is 0 Å². The van der Waals surface area contributed by atoms with Crippen molar-refractivity contribution < 1.29 is 4.42 Å². The normalized spacial score (nSPS) is 13.3. The third kappa shape index (κ3) is 4.22. The number of benzene rings is 8. The van der Waals surface area contributed by atoms with Crippen LogP contribution in [0.5, 0.6) is 0 Å². The minimum atomic E-state index is -1.90. The number of rotatable bonds is 4. The first-order valence-corrected chi connectivity index (χ1v) is 21.7. The lowest BCUT2D eigenvalue weighted by molar-refractivity contribution is 0.673. The zero-order valence-electron chi connectivity index (χ0n) is 28.9. The molecule has 0 saturated carbocycles. The fraction of sp³-hybridized carbons (Fsp3) is 0.0417. The molecule has 52 heavy (non-hydrogen) atoms. The van der Waals surface area contributed by atoms with Crippen LogP contribution in [0.3, 0.4) is 0 Å². The van der Waals surface area contributed by atoms with Crippen molar-refractivity contribution in [3.05, 3.63) is 164 Å². The minimum absolute atomic E-state index is 0.933. The molecule has 8 aromatic carbocycles.